The molecule has 2 unspecified atom stereocenters. The Morgan fingerprint density at radius 1 is 1.21 bits per heavy atom. The lowest BCUT2D eigenvalue weighted by Gasteiger charge is -2.41. The fraction of sp³-hybridized carbons (Fsp3) is 0.947. The zero-order valence-corrected chi connectivity index (χ0v) is 15.2. The summed E-state index contributed by atoms with van der Waals surface area (Å²) >= 11 is 0. The summed E-state index contributed by atoms with van der Waals surface area (Å²) in [7, 11) is 0. The number of hydrogen-bond acceptors (Lipinski definition) is 3. The van der Waals surface area contributed by atoms with Crippen molar-refractivity contribution in [1.82, 2.24) is 10.2 Å². The van der Waals surface area contributed by atoms with Crippen LogP contribution in [0.4, 0.5) is 4.39 Å². The van der Waals surface area contributed by atoms with Gasteiger partial charge in [-0.25, -0.2) is 4.39 Å². The van der Waals surface area contributed by atoms with Crippen LogP contribution in [0.15, 0.2) is 0 Å². The molecule has 1 N–H and O–H groups in total. The van der Waals surface area contributed by atoms with Crippen molar-refractivity contribution < 1.29 is 13.9 Å². The van der Waals surface area contributed by atoms with E-state index in [9.17, 15) is 9.18 Å². The maximum Gasteiger partial charge on any atom is 0.239 e. The molecule has 24 heavy (non-hydrogen) atoms. The van der Waals surface area contributed by atoms with Crippen LogP contribution in [-0.2, 0) is 9.53 Å². The summed E-state index contributed by atoms with van der Waals surface area (Å²) < 4.78 is 19.0. The molecule has 3 fully saturated rings. The van der Waals surface area contributed by atoms with Gasteiger partial charge in [-0.05, 0) is 71.1 Å². The molecule has 2 atom stereocenters. The fourth-order valence-electron chi connectivity index (χ4n) is 4.59. The fourth-order valence-corrected chi connectivity index (χ4v) is 4.59. The van der Waals surface area contributed by atoms with E-state index in [0.717, 1.165) is 51.4 Å². The quantitative estimate of drug-likeness (QED) is 0.858. The van der Waals surface area contributed by atoms with E-state index in [-0.39, 0.29) is 17.6 Å². The molecule has 0 radical (unpaired) electrons. The summed E-state index contributed by atoms with van der Waals surface area (Å²) in [5.74, 6) is 0.870. The molecule has 5 heteroatoms. The van der Waals surface area contributed by atoms with Gasteiger partial charge in [0, 0.05) is 19.1 Å². The number of nitrogens with one attached hydrogen (secondary N) is 1. The van der Waals surface area contributed by atoms with E-state index in [1.807, 2.05) is 18.7 Å². The van der Waals surface area contributed by atoms with Crippen LogP contribution in [0.1, 0.15) is 65.2 Å². The van der Waals surface area contributed by atoms with Crippen LogP contribution in [0, 0.1) is 5.92 Å². The number of halogens is 1. The molecule has 138 valence electrons. The van der Waals surface area contributed by atoms with E-state index in [4.69, 9.17) is 4.74 Å². The summed E-state index contributed by atoms with van der Waals surface area (Å²) in [6.07, 6.45) is 7.18. The van der Waals surface area contributed by atoms with Gasteiger partial charge >= 0.3 is 0 Å². The molecule has 0 aromatic rings. The van der Waals surface area contributed by atoms with Crippen molar-refractivity contribution in [2.24, 2.45) is 5.92 Å². The third kappa shape index (κ3) is 4.69. The molecule has 2 heterocycles. The lowest BCUT2D eigenvalue weighted by molar-refractivity contribution is -0.149. The normalized spacial score (nSPS) is 37.2. The molecule has 4 nitrogen and oxygen atoms in total. The Labute approximate surface area is 145 Å². The van der Waals surface area contributed by atoms with Gasteiger partial charge in [-0.15, -0.1) is 0 Å². The smallest absolute Gasteiger partial charge is 0.239 e. The minimum absolute atomic E-state index is 0.0461. The molecule has 2 saturated heterocycles. The minimum Gasteiger partial charge on any atom is -0.372 e. The van der Waals surface area contributed by atoms with E-state index in [1.54, 1.807) is 0 Å². The van der Waals surface area contributed by atoms with E-state index < -0.39 is 6.17 Å². The van der Waals surface area contributed by atoms with Gasteiger partial charge in [0.2, 0.25) is 5.91 Å². The first-order chi connectivity index (χ1) is 11.4. The SMILES string of the molecule is CC1(C)CN(C(=O)C2CCCC(CC3CCC(F)CC3)N2)CCO1. The number of carbonyl (C=O) groups is 1. The van der Waals surface area contributed by atoms with Crippen LogP contribution in [-0.4, -0.2) is 54.4 Å². The number of rotatable bonds is 3. The number of piperidine rings is 1. The van der Waals surface area contributed by atoms with E-state index >= 15 is 0 Å². The number of ether oxygens (including phenoxy) is 1. The molecular formula is C19H33FN2O2. The second kappa shape index (κ2) is 7.69. The number of morpholine rings is 1. The summed E-state index contributed by atoms with van der Waals surface area (Å²) in [5, 5.41) is 3.61. The van der Waals surface area contributed by atoms with Crippen molar-refractivity contribution >= 4 is 5.91 Å². The van der Waals surface area contributed by atoms with Crippen molar-refractivity contribution in [3.05, 3.63) is 0 Å². The van der Waals surface area contributed by atoms with Crippen LogP contribution in [0.2, 0.25) is 0 Å². The summed E-state index contributed by atoms with van der Waals surface area (Å²) in [6, 6.07) is 0.373. The van der Waals surface area contributed by atoms with Crippen molar-refractivity contribution in [2.45, 2.75) is 89.1 Å². The average Bonchev–Trinajstić information content (AvgIpc) is 2.56. The molecule has 0 aromatic carbocycles. The average molecular weight is 340 g/mol. The van der Waals surface area contributed by atoms with E-state index in [1.165, 1.54) is 0 Å². The Morgan fingerprint density at radius 3 is 2.67 bits per heavy atom. The predicted molar refractivity (Wildman–Crippen MR) is 92.6 cm³/mol. The number of nitrogens with zero attached hydrogens (tertiary/aromatic N) is 1. The summed E-state index contributed by atoms with van der Waals surface area (Å²) in [6.45, 7) is 6.09. The molecule has 0 spiro atoms. The first kappa shape index (κ1) is 18.1. The van der Waals surface area contributed by atoms with E-state index in [0.29, 0.717) is 31.7 Å². The Kier molecular flexibility index (Phi) is 5.81. The Hall–Kier alpha value is -0.680. The monoisotopic (exact) mass is 340 g/mol. The zero-order chi connectivity index (χ0) is 17.2. The van der Waals surface area contributed by atoms with Crippen LogP contribution < -0.4 is 5.32 Å². The van der Waals surface area contributed by atoms with Crippen molar-refractivity contribution in [3.8, 4) is 0 Å². The zero-order valence-electron chi connectivity index (χ0n) is 15.2. The summed E-state index contributed by atoms with van der Waals surface area (Å²) in [5.41, 5.74) is -0.243. The number of hydrogen-bond donors (Lipinski definition) is 1. The molecule has 3 rings (SSSR count). The van der Waals surface area contributed by atoms with Crippen LogP contribution in [0.3, 0.4) is 0 Å². The molecule has 1 saturated carbocycles. The topological polar surface area (TPSA) is 41.6 Å². The van der Waals surface area contributed by atoms with Gasteiger partial charge in [0.25, 0.3) is 0 Å². The number of alkyl halides is 1. The van der Waals surface area contributed by atoms with E-state index in [2.05, 4.69) is 5.32 Å². The van der Waals surface area contributed by atoms with Gasteiger partial charge in [-0.3, -0.25) is 4.79 Å². The maximum atomic E-state index is 13.3. The largest absolute Gasteiger partial charge is 0.372 e. The highest BCUT2D eigenvalue weighted by Gasteiger charge is 2.35. The Morgan fingerprint density at radius 2 is 1.96 bits per heavy atom. The first-order valence-corrected chi connectivity index (χ1v) is 9.76. The van der Waals surface area contributed by atoms with Gasteiger partial charge < -0.3 is 15.0 Å². The lowest BCUT2D eigenvalue weighted by Crippen LogP contribution is -2.58. The van der Waals surface area contributed by atoms with Crippen LogP contribution >= 0.6 is 0 Å². The van der Waals surface area contributed by atoms with Crippen molar-refractivity contribution in [1.29, 1.82) is 0 Å². The predicted octanol–water partition coefficient (Wildman–Crippen LogP) is 3.05. The molecule has 0 bridgehead atoms. The third-order valence-corrected chi connectivity index (χ3v) is 5.91. The molecule has 3 aliphatic rings. The first-order valence-electron chi connectivity index (χ1n) is 9.76. The third-order valence-electron chi connectivity index (χ3n) is 5.91. The summed E-state index contributed by atoms with van der Waals surface area (Å²) in [4.78, 5) is 14.9. The molecule has 0 aromatic heterocycles. The molecular weight excluding hydrogens is 307 g/mol. The highest BCUT2D eigenvalue weighted by molar-refractivity contribution is 5.82. The van der Waals surface area contributed by atoms with Gasteiger partial charge in [0.1, 0.15) is 6.17 Å². The number of carbonyl (C=O) groups excluding carboxylic acids is 1. The Bertz CT molecular complexity index is 435. The van der Waals surface area contributed by atoms with Gasteiger partial charge in [0.15, 0.2) is 0 Å². The van der Waals surface area contributed by atoms with Gasteiger partial charge in [-0.1, -0.05) is 0 Å². The Balaban J connectivity index is 1.50. The maximum absolute atomic E-state index is 13.3. The van der Waals surface area contributed by atoms with Crippen LogP contribution in [0.25, 0.3) is 0 Å². The molecule has 1 aliphatic carbocycles. The van der Waals surface area contributed by atoms with Gasteiger partial charge in [-0.2, -0.15) is 0 Å². The highest BCUT2D eigenvalue weighted by atomic mass is 19.1. The minimum atomic E-state index is -0.584. The van der Waals surface area contributed by atoms with Crippen molar-refractivity contribution in [3.63, 3.8) is 0 Å². The molecule has 1 amide bonds. The standard InChI is InChI=1S/C19H33FN2O2/c1-19(2)13-22(10-11-24-19)18(23)17-5-3-4-16(21-17)12-14-6-8-15(20)9-7-14/h14-17,21H,3-13H2,1-2H3. The number of amides is 1. The second-order valence-electron chi connectivity index (χ2n) is 8.57. The highest BCUT2D eigenvalue weighted by Crippen LogP contribution is 2.31. The molecule has 2 aliphatic heterocycles. The van der Waals surface area contributed by atoms with Gasteiger partial charge in [0.05, 0.1) is 18.2 Å². The van der Waals surface area contributed by atoms with Crippen molar-refractivity contribution in [2.75, 3.05) is 19.7 Å². The second-order valence-corrected chi connectivity index (χ2v) is 8.57. The lowest BCUT2D eigenvalue weighted by atomic mass is 9.81. The van der Waals surface area contributed by atoms with Crippen LogP contribution in [0.5, 0.6) is 0 Å².